The molecule has 21 heavy (non-hydrogen) atoms. The number of nitrogens with zero attached hydrogens (tertiary/aromatic N) is 4. The van der Waals surface area contributed by atoms with E-state index in [1.54, 1.807) is 0 Å². The molecule has 2 rings (SSSR count). The maximum absolute atomic E-state index is 4.62. The van der Waals surface area contributed by atoms with Gasteiger partial charge in [0, 0.05) is 51.2 Å². The largest absolute Gasteiger partial charge is 0.355 e. The predicted octanol–water partition coefficient (Wildman–Crippen LogP) is 2.26. The van der Waals surface area contributed by atoms with E-state index >= 15 is 0 Å². The van der Waals surface area contributed by atoms with Crippen molar-refractivity contribution in [1.82, 2.24) is 20.1 Å². The number of aromatic nitrogens is 3. The molecular weight excluding hydrogens is 262 g/mol. The Hall–Kier alpha value is -1.88. The average Bonchev–Trinajstić information content (AvgIpc) is 2.81. The summed E-state index contributed by atoms with van der Waals surface area (Å²) in [6.07, 6.45) is 5.89. The quantitative estimate of drug-likeness (QED) is 0.885. The molecule has 5 nitrogen and oxygen atoms in total. The van der Waals surface area contributed by atoms with Gasteiger partial charge < -0.3 is 10.2 Å². The first kappa shape index (κ1) is 15.5. The highest BCUT2D eigenvalue weighted by Crippen LogP contribution is 2.18. The first-order valence-corrected chi connectivity index (χ1v) is 7.33. The van der Waals surface area contributed by atoms with Crippen LogP contribution in [-0.4, -0.2) is 27.9 Å². The minimum absolute atomic E-state index is 0.484. The fraction of sp³-hybridized carbons (Fsp3) is 0.500. The smallest absolute Gasteiger partial charge is 0.131 e. The molecule has 0 saturated carbocycles. The van der Waals surface area contributed by atoms with Crippen LogP contribution in [0.2, 0.25) is 0 Å². The van der Waals surface area contributed by atoms with Crippen molar-refractivity contribution in [2.24, 2.45) is 7.05 Å². The summed E-state index contributed by atoms with van der Waals surface area (Å²) in [5.41, 5.74) is 3.61. The van der Waals surface area contributed by atoms with Gasteiger partial charge in [-0.05, 0) is 24.1 Å². The van der Waals surface area contributed by atoms with Crippen molar-refractivity contribution < 1.29 is 0 Å². The molecule has 0 fully saturated rings. The molecule has 0 aromatic carbocycles. The second kappa shape index (κ2) is 6.72. The number of nitrogens with one attached hydrogen (secondary N) is 1. The maximum Gasteiger partial charge on any atom is 0.131 e. The molecule has 0 saturated heterocycles. The minimum atomic E-state index is 0.484. The van der Waals surface area contributed by atoms with Crippen molar-refractivity contribution in [2.75, 3.05) is 11.9 Å². The van der Waals surface area contributed by atoms with E-state index in [1.807, 2.05) is 30.3 Å². The first-order chi connectivity index (χ1) is 9.95. The van der Waals surface area contributed by atoms with E-state index in [9.17, 15) is 0 Å². The Labute approximate surface area is 127 Å². The van der Waals surface area contributed by atoms with Crippen LogP contribution in [0.25, 0.3) is 0 Å². The molecule has 0 bridgehead atoms. The summed E-state index contributed by atoms with van der Waals surface area (Å²) in [7, 11) is 4.00. The first-order valence-electron chi connectivity index (χ1n) is 7.33. The van der Waals surface area contributed by atoms with Crippen molar-refractivity contribution in [1.29, 1.82) is 0 Å². The summed E-state index contributed by atoms with van der Waals surface area (Å²) in [5, 5.41) is 7.62. The molecule has 0 aliphatic carbocycles. The second-order valence-corrected chi connectivity index (χ2v) is 5.90. The van der Waals surface area contributed by atoms with Gasteiger partial charge in [-0.2, -0.15) is 5.10 Å². The van der Waals surface area contributed by atoms with Gasteiger partial charge in [0.1, 0.15) is 5.82 Å². The molecule has 0 atom stereocenters. The van der Waals surface area contributed by atoms with Gasteiger partial charge >= 0.3 is 0 Å². The lowest BCUT2D eigenvalue weighted by Crippen LogP contribution is -2.22. The zero-order valence-electron chi connectivity index (χ0n) is 13.6. The van der Waals surface area contributed by atoms with Crippen molar-refractivity contribution in [3.63, 3.8) is 0 Å². The summed E-state index contributed by atoms with van der Waals surface area (Å²) >= 11 is 0. The van der Waals surface area contributed by atoms with Crippen LogP contribution >= 0.6 is 0 Å². The Morgan fingerprint density at radius 2 is 2.05 bits per heavy atom. The van der Waals surface area contributed by atoms with Gasteiger partial charge in [-0.1, -0.05) is 13.8 Å². The van der Waals surface area contributed by atoms with E-state index in [0.717, 1.165) is 18.9 Å². The lowest BCUT2D eigenvalue weighted by atomic mass is 10.2. The Morgan fingerprint density at radius 1 is 1.29 bits per heavy atom. The Balaban J connectivity index is 2.05. The summed E-state index contributed by atoms with van der Waals surface area (Å²) in [6, 6.07) is 2.69. The minimum Gasteiger partial charge on any atom is -0.355 e. The van der Waals surface area contributed by atoms with E-state index in [0.29, 0.717) is 6.04 Å². The number of anilines is 1. The molecule has 2 aromatic rings. The van der Waals surface area contributed by atoms with Crippen LogP contribution in [-0.2, 0) is 20.1 Å². The van der Waals surface area contributed by atoms with Gasteiger partial charge in [-0.25, -0.2) is 4.98 Å². The molecule has 2 heterocycles. The molecular formula is C16H25N5. The third-order valence-corrected chi connectivity index (χ3v) is 3.36. The van der Waals surface area contributed by atoms with E-state index in [2.05, 4.69) is 54.2 Å². The molecule has 0 spiro atoms. The third-order valence-electron chi connectivity index (χ3n) is 3.36. The third kappa shape index (κ3) is 4.29. The van der Waals surface area contributed by atoms with Crippen molar-refractivity contribution in [3.05, 3.63) is 41.3 Å². The Kier molecular flexibility index (Phi) is 4.96. The standard InChI is InChI=1S/C16H25N5/c1-12(2)17-7-14-6-13(3)16(18-8-14)20(4)10-15-9-19-21(5)11-15/h6,8-9,11-12,17H,7,10H2,1-5H3. The Bertz CT molecular complexity index is 588. The molecule has 0 radical (unpaired) electrons. The molecule has 0 aliphatic heterocycles. The molecule has 1 N–H and O–H groups in total. The van der Waals surface area contributed by atoms with Crippen molar-refractivity contribution in [3.8, 4) is 0 Å². The van der Waals surface area contributed by atoms with Crippen LogP contribution in [0.15, 0.2) is 24.7 Å². The van der Waals surface area contributed by atoms with Crippen LogP contribution in [0.5, 0.6) is 0 Å². The van der Waals surface area contributed by atoms with Gasteiger partial charge in [0.2, 0.25) is 0 Å². The van der Waals surface area contributed by atoms with E-state index in [1.165, 1.54) is 16.7 Å². The molecule has 114 valence electrons. The SMILES string of the molecule is Cc1cc(CNC(C)C)cnc1N(C)Cc1cnn(C)c1. The Morgan fingerprint density at radius 3 is 2.62 bits per heavy atom. The fourth-order valence-electron chi connectivity index (χ4n) is 2.35. The summed E-state index contributed by atoms with van der Waals surface area (Å²) in [4.78, 5) is 6.78. The lowest BCUT2D eigenvalue weighted by molar-refractivity contribution is 0.587. The normalized spacial score (nSPS) is 11.1. The number of hydrogen-bond acceptors (Lipinski definition) is 4. The highest BCUT2D eigenvalue weighted by Gasteiger charge is 2.09. The predicted molar refractivity (Wildman–Crippen MR) is 86.3 cm³/mol. The van der Waals surface area contributed by atoms with Gasteiger partial charge in [0.15, 0.2) is 0 Å². The molecule has 0 amide bonds. The van der Waals surface area contributed by atoms with E-state index < -0.39 is 0 Å². The van der Waals surface area contributed by atoms with Crippen molar-refractivity contribution in [2.45, 2.75) is 39.9 Å². The maximum atomic E-state index is 4.62. The van der Waals surface area contributed by atoms with Crippen LogP contribution in [0.4, 0.5) is 5.82 Å². The molecule has 0 unspecified atom stereocenters. The van der Waals surface area contributed by atoms with Crippen LogP contribution in [0, 0.1) is 6.92 Å². The van der Waals surface area contributed by atoms with Crippen LogP contribution in [0.1, 0.15) is 30.5 Å². The topological polar surface area (TPSA) is 46.0 Å². The van der Waals surface area contributed by atoms with E-state index in [4.69, 9.17) is 0 Å². The zero-order chi connectivity index (χ0) is 15.4. The van der Waals surface area contributed by atoms with Gasteiger partial charge in [-0.15, -0.1) is 0 Å². The zero-order valence-corrected chi connectivity index (χ0v) is 13.6. The fourth-order valence-corrected chi connectivity index (χ4v) is 2.35. The number of hydrogen-bond donors (Lipinski definition) is 1. The van der Waals surface area contributed by atoms with Crippen LogP contribution in [0.3, 0.4) is 0 Å². The monoisotopic (exact) mass is 287 g/mol. The highest BCUT2D eigenvalue weighted by atomic mass is 15.2. The van der Waals surface area contributed by atoms with Gasteiger partial charge in [0.25, 0.3) is 0 Å². The molecule has 0 aliphatic rings. The summed E-state index contributed by atoms with van der Waals surface area (Å²) in [5.74, 6) is 1.02. The highest BCUT2D eigenvalue weighted by molar-refractivity contribution is 5.47. The second-order valence-electron chi connectivity index (χ2n) is 5.90. The number of aryl methyl sites for hydroxylation is 2. The van der Waals surface area contributed by atoms with Gasteiger partial charge in [0.05, 0.1) is 6.20 Å². The van der Waals surface area contributed by atoms with E-state index in [-0.39, 0.29) is 0 Å². The summed E-state index contributed by atoms with van der Waals surface area (Å²) in [6.45, 7) is 8.08. The van der Waals surface area contributed by atoms with Gasteiger partial charge in [-0.3, -0.25) is 4.68 Å². The number of rotatable bonds is 6. The van der Waals surface area contributed by atoms with Crippen molar-refractivity contribution >= 4 is 5.82 Å². The lowest BCUT2D eigenvalue weighted by Gasteiger charge is -2.20. The average molecular weight is 287 g/mol. The molecule has 2 aromatic heterocycles. The molecule has 5 heteroatoms. The number of pyridine rings is 1. The van der Waals surface area contributed by atoms with Crippen LogP contribution < -0.4 is 10.2 Å². The summed E-state index contributed by atoms with van der Waals surface area (Å²) < 4.78 is 1.82.